The Morgan fingerprint density at radius 2 is 2.00 bits per heavy atom. The monoisotopic (exact) mass is 304 g/mol. The topological polar surface area (TPSA) is 69.6 Å². The van der Waals surface area contributed by atoms with Crippen molar-refractivity contribution in [1.29, 1.82) is 0 Å². The van der Waals surface area contributed by atoms with Crippen molar-refractivity contribution in [3.63, 3.8) is 0 Å². The maximum absolute atomic E-state index is 12.6. The highest BCUT2D eigenvalue weighted by molar-refractivity contribution is 5.85. The molecule has 1 amide bonds. The predicted octanol–water partition coefficient (Wildman–Crippen LogP) is 0.985. The maximum Gasteiger partial charge on any atom is 0.254 e. The van der Waals surface area contributed by atoms with Crippen LogP contribution in [0.25, 0.3) is 0 Å². The van der Waals surface area contributed by atoms with Gasteiger partial charge in [-0.15, -0.1) is 0 Å². The van der Waals surface area contributed by atoms with E-state index in [-0.39, 0.29) is 11.8 Å². The molecule has 1 saturated carbocycles. The maximum atomic E-state index is 12.6. The number of anilines is 1. The highest BCUT2D eigenvalue weighted by Gasteiger charge is 2.44. The quantitative estimate of drug-likeness (QED) is 0.901. The number of hydrogen-bond donors (Lipinski definition) is 1. The molecular formula is C16H24N4O2. The number of aromatic nitrogens is 2. The van der Waals surface area contributed by atoms with E-state index in [2.05, 4.69) is 14.9 Å². The summed E-state index contributed by atoms with van der Waals surface area (Å²) >= 11 is 0. The van der Waals surface area contributed by atoms with Gasteiger partial charge in [-0.05, 0) is 38.7 Å². The van der Waals surface area contributed by atoms with Crippen LogP contribution in [0.4, 0.5) is 5.82 Å². The first kappa shape index (κ1) is 15.2. The molecule has 3 rings (SSSR count). The second kappa shape index (κ2) is 5.83. The highest BCUT2D eigenvalue weighted by atomic mass is 16.3. The van der Waals surface area contributed by atoms with Gasteiger partial charge in [0.05, 0.1) is 0 Å². The molecule has 0 aromatic carbocycles. The van der Waals surface area contributed by atoms with Gasteiger partial charge in [0.1, 0.15) is 17.2 Å². The largest absolute Gasteiger partial charge is 0.380 e. The molecule has 1 aliphatic carbocycles. The molecule has 2 heterocycles. The lowest BCUT2D eigenvalue weighted by Crippen LogP contribution is -2.58. The van der Waals surface area contributed by atoms with Crippen LogP contribution in [0.1, 0.15) is 32.0 Å². The Morgan fingerprint density at radius 3 is 2.55 bits per heavy atom. The van der Waals surface area contributed by atoms with Gasteiger partial charge in [-0.3, -0.25) is 4.79 Å². The van der Waals surface area contributed by atoms with Crippen molar-refractivity contribution in [2.45, 2.75) is 38.7 Å². The standard InChI is InChI=1S/C16H24N4O2/c1-12-17-7-6-14(18-12)19-8-10-20(11-9-19)15(21)16(2,22)13-4-3-5-13/h6-7,13,22H,3-5,8-11H2,1-2H3. The molecule has 22 heavy (non-hydrogen) atoms. The first-order valence-corrected chi connectivity index (χ1v) is 8.05. The molecular weight excluding hydrogens is 280 g/mol. The van der Waals surface area contributed by atoms with Crippen LogP contribution >= 0.6 is 0 Å². The predicted molar refractivity (Wildman–Crippen MR) is 83.5 cm³/mol. The first-order chi connectivity index (χ1) is 10.5. The number of piperazine rings is 1. The fourth-order valence-electron chi connectivity index (χ4n) is 3.22. The van der Waals surface area contributed by atoms with E-state index in [0.717, 1.165) is 44.0 Å². The van der Waals surface area contributed by atoms with Crippen molar-refractivity contribution in [1.82, 2.24) is 14.9 Å². The van der Waals surface area contributed by atoms with Gasteiger partial charge in [-0.1, -0.05) is 6.42 Å². The molecule has 1 aromatic rings. The number of amides is 1. The van der Waals surface area contributed by atoms with Crippen LogP contribution in [-0.4, -0.2) is 57.7 Å². The summed E-state index contributed by atoms with van der Waals surface area (Å²) in [5, 5.41) is 10.5. The lowest BCUT2D eigenvalue weighted by Gasteiger charge is -2.43. The highest BCUT2D eigenvalue weighted by Crippen LogP contribution is 2.37. The molecule has 6 heteroatoms. The summed E-state index contributed by atoms with van der Waals surface area (Å²) in [5.74, 6) is 1.67. The molecule has 0 radical (unpaired) electrons. The molecule has 2 aliphatic rings. The van der Waals surface area contributed by atoms with E-state index in [1.165, 1.54) is 0 Å². The summed E-state index contributed by atoms with van der Waals surface area (Å²) in [5.41, 5.74) is -1.20. The van der Waals surface area contributed by atoms with Crippen molar-refractivity contribution in [3.05, 3.63) is 18.1 Å². The molecule has 1 N–H and O–H groups in total. The summed E-state index contributed by atoms with van der Waals surface area (Å²) in [6.45, 7) is 6.29. The molecule has 6 nitrogen and oxygen atoms in total. The smallest absolute Gasteiger partial charge is 0.254 e. The van der Waals surface area contributed by atoms with Gasteiger partial charge in [0.25, 0.3) is 5.91 Å². The molecule has 2 fully saturated rings. The summed E-state index contributed by atoms with van der Waals surface area (Å²) in [4.78, 5) is 25.1. The van der Waals surface area contributed by atoms with Crippen molar-refractivity contribution < 1.29 is 9.90 Å². The lowest BCUT2D eigenvalue weighted by molar-refractivity contribution is -0.159. The molecule has 120 valence electrons. The van der Waals surface area contributed by atoms with Gasteiger partial charge in [0.2, 0.25) is 0 Å². The number of carbonyl (C=O) groups is 1. The average Bonchev–Trinajstić information content (AvgIpc) is 2.44. The van der Waals surface area contributed by atoms with Crippen molar-refractivity contribution in [2.75, 3.05) is 31.1 Å². The minimum atomic E-state index is -1.20. The second-order valence-electron chi connectivity index (χ2n) is 6.52. The summed E-state index contributed by atoms with van der Waals surface area (Å²) in [7, 11) is 0. The normalized spacial score (nSPS) is 22.1. The van der Waals surface area contributed by atoms with Crippen LogP contribution in [0, 0.1) is 12.8 Å². The minimum absolute atomic E-state index is 0.115. The average molecular weight is 304 g/mol. The van der Waals surface area contributed by atoms with Crippen molar-refractivity contribution in [2.24, 2.45) is 5.92 Å². The number of rotatable bonds is 3. The molecule has 1 atom stereocenters. The molecule has 1 aromatic heterocycles. The first-order valence-electron chi connectivity index (χ1n) is 8.05. The van der Waals surface area contributed by atoms with E-state index in [4.69, 9.17) is 0 Å². The SMILES string of the molecule is Cc1nccc(N2CCN(C(=O)C(C)(O)C3CCC3)CC2)n1. The van der Waals surface area contributed by atoms with E-state index < -0.39 is 5.60 Å². The van der Waals surface area contributed by atoms with E-state index in [9.17, 15) is 9.90 Å². The Morgan fingerprint density at radius 1 is 1.32 bits per heavy atom. The molecule has 1 saturated heterocycles. The van der Waals surface area contributed by atoms with Gasteiger partial charge in [-0.2, -0.15) is 0 Å². The van der Waals surface area contributed by atoms with Gasteiger partial charge >= 0.3 is 0 Å². The molecule has 1 aliphatic heterocycles. The third kappa shape index (κ3) is 2.79. The zero-order valence-electron chi connectivity index (χ0n) is 13.3. The number of aryl methyl sites for hydroxylation is 1. The van der Waals surface area contributed by atoms with Crippen LogP contribution in [0.5, 0.6) is 0 Å². The van der Waals surface area contributed by atoms with E-state index >= 15 is 0 Å². The van der Waals surface area contributed by atoms with Crippen LogP contribution in [-0.2, 0) is 4.79 Å². The lowest BCUT2D eigenvalue weighted by atomic mass is 9.73. The third-order valence-corrected chi connectivity index (χ3v) is 4.99. The van der Waals surface area contributed by atoms with E-state index in [0.29, 0.717) is 13.1 Å². The van der Waals surface area contributed by atoms with Crippen LogP contribution in [0.3, 0.4) is 0 Å². The fraction of sp³-hybridized carbons (Fsp3) is 0.688. The van der Waals surface area contributed by atoms with Gasteiger partial charge in [-0.25, -0.2) is 9.97 Å². The number of carbonyl (C=O) groups excluding carboxylic acids is 1. The Balaban J connectivity index is 1.60. The minimum Gasteiger partial charge on any atom is -0.380 e. The van der Waals surface area contributed by atoms with E-state index in [1.807, 2.05) is 13.0 Å². The molecule has 1 unspecified atom stereocenters. The second-order valence-corrected chi connectivity index (χ2v) is 6.52. The summed E-state index contributed by atoms with van der Waals surface area (Å²) in [6.07, 6.45) is 4.79. The van der Waals surface area contributed by atoms with Gasteiger partial charge in [0, 0.05) is 32.4 Å². The number of hydrogen-bond acceptors (Lipinski definition) is 5. The van der Waals surface area contributed by atoms with Crippen LogP contribution in [0.15, 0.2) is 12.3 Å². The Bertz CT molecular complexity index is 549. The summed E-state index contributed by atoms with van der Waals surface area (Å²) < 4.78 is 0. The summed E-state index contributed by atoms with van der Waals surface area (Å²) in [6, 6.07) is 1.90. The number of aliphatic hydroxyl groups is 1. The zero-order valence-corrected chi connectivity index (χ0v) is 13.3. The molecule has 0 bridgehead atoms. The number of nitrogens with zero attached hydrogens (tertiary/aromatic N) is 4. The van der Waals surface area contributed by atoms with Crippen molar-refractivity contribution in [3.8, 4) is 0 Å². The fourth-order valence-corrected chi connectivity index (χ4v) is 3.22. The third-order valence-electron chi connectivity index (χ3n) is 4.99. The van der Waals surface area contributed by atoms with E-state index in [1.54, 1.807) is 18.0 Å². The van der Waals surface area contributed by atoms with Crippen molar-refractivity contribution >= 4 is 11.7 Å². The van der Waals surface area contributed by atoms with Gasteiger partial charge < -0.3 is 14.9 Å². The van der Waals surface area contributed by atoms with Crippen LogP contribution in [0.2, 0.25) is 0 Å². The van der Waals surface area contributed by atoms with Gasteiger partial charge in [0.15, 0.2) is 0 Å². The Kier molecular flexibility index (Phi) is 4.04. The molecule has 0 spiro atoms. The van der Waals surface area contributed by atoms with Crippen LogP contribution < -0.4 is 4.90 Å². The Hall–Kier alpha value is -1.69. The zero-order chi connectivity index (χ0) is 15.7. The Labute approximate surface area is 131 Å².